The minimum absolute atomic E-state index is 0.193. The smallest absolute Gasteiger partial charge is 0.185 e. The van der Waals surface area contributed by atoms with Gasteiger partial charge in [0, 0.05) is 11.6 Å². The Kier molecular flexibility index (Phi) is 3.71. The van der Waals surface area contributed by atoms with Crippen molar-refractivity contribution in [3.8, 4) is 0 Å². The fraction of sp³-hybridized carbons (Fsp3) is 0. The molecule has 0 aromatic heterocycles. The normalized spacial score (nSPS) is 11.4. The van der Waals surface area contributed by atoms with Gasteiger partial charge in [-0.25, -0.2) is 8.78 Å². The fourth-order valence-electron chi connectivity index (χ4n) is 1.58. The Labute approximate surface area is 108 Å². The van der Waals surface area contributed by atoms with Gasteiger partial charge in [-0.05, 0) is 23.8 Å². The number of allylic oxidation sites excluding steroid dienone is 1. The third-order valence-corrected chi connectivity index (χ3v) is 2.47. The summed E-state index contributed by atoms with van der Waals surface area (Å²) < 4.78 is 25.9. The van der Waals surface area contributed by atoms with Crippen LogP contribution < -0.4 is 5.11 Å². The van der Waals surface area contributed by atoms with E-state index in [1.54, 1.807) is 30.3 Å². The molecule has 4 heteroatoms. The third kappa shape index (κ3) is 3.25. The molecule has 0 aliphatic heterocycles. The third-order valence-electron chi connectivity index (χ3n) is 2.47. The molecule has 2 rings (SSSR count). The molecular formula is C15H9F2O2-. The number of ketones is 1. The quantitative estimate of drug-likeness (QED) is 0.483. The van der Waals surface area contributed by atoms with Gasteiger partial charge >= 0.3 is 0 Å². The van der Waals surface area contributed by atoms with E-state index in [-0.39, 0.29) is 5.56 Å². The lowest BCUT2D eigenvalue weighted by molar-refractivity contribution is -0.243. The Balaban J connectivity index is 2.30. The zero-order valence-corrected chi connectivity index (χ0v) is 9.77. The van der Waals surface area contributed by atoms with Crippen molar-refractivity contribution < 1.29 is 18.7 Å². The van der Waals surface area contributed by atoms with Crippen LogP contribution in [0.5, 0.6) is 0 Å². The second kappa shape index (κ2) is 5.44. The van der Waals surface area contributed by atoms with Crippen LogP contribution in [-0.2, 0) is 0 Å². The summed E-state index contributed by atoms with van der Waals surface area (Å²) in [4.78, 5) is 11.7. The molecule has 96 valence electrons. The number of rotatable bonds is 3. The SMILES string of the molecule is O=C(C=C([O-])c1cc(F)cc(F)c1)c1ccccc1. The highest BCUT2D eigenvalue weighted by atomic mass is 19.1. The standard InChI is InChI=1S/C15H10F2O2/c16-12-6-11(7-13(17)8-12)15(19)9-14(18)10-4-2-1-3-5-10/h1-9,19H/p-1. The van der Waals surface area contributed by atoms with E-state index in [4.69, 9.17) is 0 Å². The van der Waals surface area contributed by atoms with Crippen molar-refractivity contribution in [2.24, 2.45) is 0 Å². The molecule has 0 aliphatic rings. The molecule has 0 aliphatic carbocycles. The largest absolute Gasteiger partial charge is 0.872 e. The van der Waals surface area contributed by atoms with Crippen molar-refractivity contribution in [2.75, 3.05) is 0 Å². The van der Waals surface area contributed by atoms with E-state index < -0.39 is 23.2 Å². The second-order valence-electron chi connectivity index (χ2n) is 3.90. The number of halogens is 2. The number of hydrogen-bond acceptors (Lipinski definition) is 2. The molecule has 0 N–H and O–H groups in total. The van der Waals surface area contributed by atoms with Gasteiger partial charge in [0.15, 0.2) is 5.78 Å². The van der Waals surface area contributed by atoms with Crippen molar-refractivity contribution >= 4 is 11.5 Å². The Morgan fingerprint density at radius 1 is 0.947 bits per heavy atom. The van der Waals surface area contributed by atoms with Gasteiger partial charge in [0.2, 0.25) is 0 Å². The van der Waals surface area contributed by atoms with Crippen LogP contribution in [0.25, 0.3) is 5.76 Å². The summed E-state index contributed by atoms with van der Waals surface area (Å²) in [5.74, 6) is -2.95. The number of hydrogen-bond donors (Lipinski definition) is 0. The predicted octanol–water partition coefficient (Wildman–Crippen LogP) is 2.55. The Bertz CT molecular complexity index is 614. The first kappa shape index (κ1) is 13.0. The average molecular weight is 259 g/mol. The lowest BCUT2D eigenvalue weighted by Gasteiger charge is -2.12. The maximum absolute atomic E-state index is 13.0. The van der Waals surface area contributed by atoms with E-state index in [0.29, 0.717) is 11.6 Å². The van der Waals surface area contributed by atoms with Gasteiger partial charge in [0.25, 0.3) is 0 Å². The highest BCUT2D eigenvalue weighted by molar-refractivity contribution is 6.07. The summed E-state index contributed by atoms with van der Waals surface area (Å²) in [7, 11) is 0. The highest BCUT2D eigenvalue weighted by Gasteiger charge is 2.03. The monoisotopic (exact) mass is 259 g/mol. The van der Waals surface area contributed by atoms with Gasteiger partial charge in [-0.2, -0.15) is 0 Å². The molecule has 0 fully saturated rings. The lowest BCUT2D eigenvalue weighted by Crippen LogP contribution is -2.07. The summed E-state index contributed by atoms with van der Waals surface area (Å²) >= 11 is 0. The first-order valence-electron chi connectivity index (χ1n) is 5.51. The summed E-state index contributed by atoms with van der Waals surface area (Å²) in [6.07, 6.45) is 0.823. The Morgan fingerprint density at radius 2 is 1.53 bits per heavy atom. The van der Waals surface area contributed by atoms with E-state index in [0.717, 1.165) is 18.2 Å². The van der Waals surface area contributed by atoms with E-state index in [9.17, 15) is 18.7 Å². The maximum atomic E-state index is 13.0. The van der Waals surface area contributed by atoms with Crippen LogP contribution in [0, 0.1) is 11.6 Å². The molecule has 2 aromatic rings. The summed E-state index contributed by atoms with van der Waals surface area (Å²) in [6.45, 7) is 0. The van der Waals surface area contributed by atoms with Crippen molar-refractivity contribution in [2.45, 2.75) is 0 Å². The van der Waals surface area contributed by atoms with Gasteiger partial charge in [-0.3, -0.25) is 4.79 Å². The van der Waals surface area contributed by atoms with Crippen LogP contribution in [0.2, 0.25) is 0 Å². The summed E-state index contributed by atoms with van der Waals surface area (Å²) in [5, 5.41) is 11.7. The van der Waals surface area contributed by atoms with Crippen LogP contribution in [0.15, 0.2) is 54.6 Å². The van der Waals surface area contributed by atoms with E-state index in [1.165, 1.54) is 0 Å². The van der Waals surface area contributed by atoms with Crippen LogP contribution >= 0.6 is 0 Å². The van der Waals surface area contributed by atoms with Gasteiger partial charge in [0.05, 0.1) is 0 Å². The number of carbonyl (C=O) groups is 1. The van der Waals surface area contributed by atoms with Crippen molar-refractivity contribution in [1.29, 1.82) is 0 Å². The number of benzene rings is 2. The van der Waals surface area contributed by atoms with Gasteiger partial charge < -0.3 is 5.11 Å². The van der Waals surface area contributed by atoms with Crippen LogP contribution in [-0.4, -0.2) is 5.78 Å². The van der Waals surface area contributed by atoms with E-state index >= 15 is 0 Å². The van der Waals surface area contributed by atoms with Crippen LogP contribution in [0.3, 0.4) is 0 Å². The number of carbonyl (C=O) groups excluding carboxylic acids is 1. The summed E-state index contributed by atoms with van der Waals surface area (Å²) in [5.41, 5.74) is 0.148. The minimum Gasteiger partial charge on any atom is -0.872 e. The maximum Gasteiger partial charge on any atom is 0.185 e. The topological polar surface area (TPSA) is 40.1 Å². The van der Waals surface area contributed by atoms with Crippen LogP contribution in [0.1, 0.15) is 15.9 Å². The molecule has 2 nitrogen and oxygen atoms in total. The summed E-state index contributed by atoms with van der Waals surface area (Å²) in [6, 6.07) is 10.6. The average Bonchev–Trinajstić information content (AvgIpc) is 2.38. The second-order valence-corrected chi connectivity index (χ2v) is 3.90. The molecule has 0 saturated heterocycles. The molecule has 0 heterocycles. The molecular weight excluding hydrogens is 250 g/mol. The fourth-order valence-corrected chi connectivity index (χ4v) is 1.58. The lowest BCUT2D eigenvalue weighted by atomic mass is 10.1. The molecule has 0 atom stereocenters. The van der Waals surface area contributed by atoms with E-state index in [1.807, 2.05) is 0 Å². The zero-order valence-electron chi connectivity index (χ0n) is 9.77. The first-order chi connectivity index (χ1) is 9.06. The van der Waals surface area contributed by atoms with Crippen molar-refractivity contribution in [1.82, 2.24) is 0 Å². The van der Waals surface area contributed by atoms with Gasteiger partial charge in [0.1, 0.15) is 11.6 Å². The molecule has 19 heavy (non-hydrogen) atoms. The Hall–Kier alpha value is -2.49. The molecule has 0 bridgehead atoms. The minimum atomic E-state index is -0.857. The Morgan fingerprint density at radius 3 is 2.11 bits per heavy atom. The molecule has 2 aromatic carbocycles. The van der Waals surface area contributed by atoms with Gasteiger partial charge in [-0.15, -0.1) is 0 Å². The highest BCUT2D eigenvalue weighted by Crippen LogP contribution is 2.14. The predicted molar refractivity (Wildman–Crippen MR) is 65.1 cm³/mol. The zero-order chi connectivity index (χ0) is 13.8. The first-order valence-corrected chi connectivity index (χ1v) is 5.51. The molecule has 0 unspecified atom stereocenters. The van der Waals surface area contributed by atoms with Gasteiger partial charge in [-0.1, -0.05) is 36.1 Å². The molecule has 0 amide bonds. The van der Waals surface area contributed by atoms with Crippen molar-refractivity contribution in [3.63, 3.8) is 0 Å². The molecule has 0 spiro atoms. The molecule has 0 radical (unpaired) electrons. The van der Waals surface area contributed by atoms with Crippen molar-refractivity contribution in [3.05, 3.63) is 77.4 Å². The molecule has 0 saturated carbocycles. The van der Waals surface area contributed by atoms with Crippen LogP contribution in [0.4, 0.5) is 8.78 Å². The van der Waals surface area contributed by atoms with E-state index in [2.05, 4.69) is 0 Å².